The molecule has 1 N–H and O–H groups in total. The number of hydrogen-bond acceptors (Lipinski definition) is 4. The number of amides is 1. The van der Waals surface area contributed by atoms with Gasteiger partial charge in [0, 0.05) is 44.5 Å². The molecule has 1 heterocycles. The first-order chi connectivity index (χ1) is 10.1. The van der Waals surface area contributed by atoms with Crippen LogP contribution in [-0.4, -0.2) is 72.5 Å². The Kier molecular flexibility index (Phi) is 6.83. The van der Waals surface area contributed by atoms with Gasteiger partial charge >= 0.3 is 0 Å². The third-order valence-electron chi connectivity index (χ3n) is 4.73. The van der Waals surface area contributed by atoms with Crippen molar-refractivity contribution in [2.45, 2.75) is 56.4 Å². The first-order valence-electron chi connectivity index (χ1n) is 8.40. The summed E-state index contributed by atoms with van der Waals surface area (Å²) in [6, 6.07) is 1.37. The maximum Gasteiger partial charge on any atom is 0.236 e. The van der Waals surface area contributed by atoms with Crippen molar-refractivity contribution in [1.29, 1.82) is 0 Å². The lowest BCUT2D eigenvalue weighted by atomic mass is 10.0. The van der Waals surface area contributed by atoms with Crippen molar-refractivity contribution in [2.75, 3.05) is 39.5 Å². The maximum absolute atomic E-state index is 11.8. The Bertz CT molecular complexity index is 329. The molecule has 2 unspecified atom stereocenters. The zero-order valence-corrected chi connectivity index (χ0v) is 14.6. The molecular weight excluding hydrogens is 282 g/mol. The van der Waals surface area contributed by atoms with Crippen LogP contribution in [-0.2, 0) is 4.79 Å². The van der Waals surface area contributed by atoms with Crippen LogP contribution in [0.1, 0.15) is 39.0 Å². The van der Waals surface area contributed by atoms with Crippen LogP contribution >= 0.6 is 11.8 Å². The van der Waals surface area contributed by atoms with Gasteiger partial charge in [0.2, 0.25) is 5.91 Å². The molecule has 0 aromatic heterocycles. The van der Waals surface area contributed by atoms with Gasteiger partial charge in [-0.15, -0.1) is 0 Å². The topological polar surface area (TPSA) is 35.6 Å². The van der Waals surface area contributed by atoms with Gasteiger partial charge in [0.05, 0.1) is 6.54 Å². The fourth-order valence-electron chi connectivity index (χ4n) is 3.42. The quantitative estimate of drug-likeness (QED) is 0.811. The molecule has 1 aliphatic carbocycles. The van der Waals surface area contributed by atoms with Gasteiger partial charge in [0.1, 0.15) is 0 Å². The number of hydrogen-bond donors (Lipinski definition) is 1. The van der Waals surface area contributed by atoms with E-state index in [-0.39, 0.29) is 5.91 Å². The summed E-state index contributed by atoms with van der Waals surface area (Å²) in [5.74, 6) is 1.45. The number of likely N-dealkylation sites (tertiary alicyclic amines) is 1. The highest BCUT2D eigenvalue weighted by atomic mass is 32.2. The molecule has 0 bridgehead atoms. The SMILES string of the molecule is CCSC1CCCC1NC1CCN(CC(=O)N(C)C)CC1. The van der Waals surface area contributed by atoms with E-state index in [9.17, 15) is 4.79 Å². The second-order valence-electron chi connectivity index (χ2n) is 6.54. The highest BCUT2D eigenvalue weighted by Crippen LogP contribution is 2.30. The van der Waals surface area contributed by atoms with Gasteiger partial charge in [-0.3, -0.25) is 9.69 Å². The van der Waals surface area contributed by atoms with E-state index in [4.69, 9.17) is 0 Å². The van der Waals surface area contributed by atoms with E-state index in [1.54, 1.807) is 4.90 Å². The third kappa shape index (κ3) is 5.15. The highest BCUT2D eigenvalue weighted by Gasteiger charge is 2.30. The summed E-state index contributed by atoms with van der Waals surface area (Å²) in [6.07, 6.45) is 6.47. The van der Waals surface area contributed by atoms with Crippen molar-refractivity contribution in [2.24, 2.45) is 0 Å². The Balaban J connectivity index is 1.70. The zero-order valence-electron chi connectivity index (χ0n) is 13.8. The van der Waals surface area contributed by atoms with E-state index in [1.807, 2.05) is 14.1 Å². The monoisotopic (exact) mass is 313 g/mol. The van der Waals surface area contributed by atoms with E-state index < -0.39 is 0 Å². The molecule has 122 valence electrons. The van der Waals surface area contributed by atoms with Gasteiger partial charge < -0.3 is 10.2 Å². The number of nitrogens with one attached hydrogen (secondary N) is 1. The van der Waals surface area contributed by atoms with Gasteiger partial charge in [-0.2, -0.15) is 11.8 Å². The number of likely N-dealkylation sites (N-methyl/N-ethyl adjacent to an activating group) is 1. The number of rotatable bonds is 6. The second kappa shape index (κ2) is 8.39. The van der Waals surface area contributed by atoms with Gasteiger partial charge in [0.25, 0.3) is 0 Å². The van der Waals surface area contributed by atoms with Crippen LogP contribution in [0.4, 0.5) is 0 Å². The normalized spacial score (nSPS) is 28.0. The smallest absolute Gasteiger partial charge is 0.236 e. The lowest BCUT2D eigenvalue weighted by Crippen LogP contribution is -2.49. The predicted molar refractivity (Wildman–Crippen MR) is 90.9 cm³/mol. The van der Waals surface area contributed by atoms with Crippen LogP contribution < -0.4 is 5.32 Å². The molecule has 1 amide bonds. The summed E-state index contributed by atoms with van der Waals surface area (Å²) in [4.78, 5) is 15.7. The Labute approximate surface area is 134 Å². The van der Waals surface area contributed by atoms with Gasteiger partial charge in [-0.05, 0) is 31.4 Å². The van der Waals surface area contributed by atoms with Crippen LogP contribution in [0.15, 0.2) is 0 Å². The zero-order chi connectivity index (χ0) is 15.2. The average molecular weight is 314 g/mol. The average Bonchev–Trinajstić information content (AvgIpc) is 2.88. The van der Waals surface area contributed by atoms with Crippen molar-refractivity contribution >= 4 is 17.7 Å². The molecule has 0 aromatic rings. The molecule has 0 aromatic carbocycles. The molecule has 0 radical (unpaired) electrons. The van der Waals surface area contributed by atoms with Crippen molar-refractivity contribution < 1.29 is 4.79 Å². The van der Waals surface area contributed by atoms with Gasteiger partial charge in [0.15, 0.2) is 0 Å². The van der Waals surface area contributed by atoms with Crippen molar-refractivity contribution in [3.05, 3.63) is 0 Å². The Morgan fingerprint density at radius 3 is 2.57 bits per heavy atom. The fourth-order valence-corrected chi connectivity index (χ4v) is 4.63. The molecule has 4 nitrogen and oxygen atoms in total. The van der Waals surface area contributed by atoms with Crippen LogP contribution in [0, 0.1) is 0 Å². The van der Waals surface area contributed by atoms with E-state index in [0.717, 1.165) is 24.4 Å². The number of piperidine rings is 1. The van der Waals surface area contributed by atoms with E-state index in [2.05, 4.69) is 28.9 Å². The molecule has 2 aliphatic rings. The largest absolute Gasteiger partial charge is 0.348 e. The minimum Gasteiger partial charge on any atom is -0.348 e. The summed E-state index contributed by atoms with van der Waals surface area (Å²) < 4.78 is 0. The lowest BCUT2D eigenvalue weighted by molar-refractivity contribution is -0.130. The first-order valence-corrected chi connectivity index (χ1v) is 9.45. The Morgan fingerprint density at radius 2 is 1.95 bits per heavy atom. The Morgan fingerprint density at radius 1 is 1.24 bits per heavy atom. The molecule has 2 rings (SSSR count). The summed E-state index contributed by atoms with van der Waals surface area (Å²) in [6.45, 7) is 4.95. The van der Waals surface area contributed by atoms with Gasteiger partial charge in [-0.1, -0.05) is 13.3 Å². The number of thioether (sulfide) groups is 1. The highest BCUT2D eigenvalue weighted by molar-refractivity contribution is 7.99. The summed E-state index contributed by atoms with van der Waals surface area (Å²) in [5, 5.41) is 4.73. The number of carbonyl (C=O) groups is 1. The molecule has 1 saturated heterocycles. The minimum absolute atomic E-state index is 0.219. The predicted octanol–water partition coefficient (Wildman–Crippen LogP) is 1.80. The summed E-state index contributed by atoms with van der Waals surface area (Å²) >= 11 is 2.12. The van der Waals surface area contributed by atoms with E-state index >= 15 is 0 Å². The summed E-state index contributed by atoms with van der Waals surface area (Å²) in [5.41, 5.74) is 0. The van der Waals surface area contributed by atoms with Crippen molar-refractivity contribution in [3.63, 3.8) is 0 Å². The summed E-state index contributed by atoms with van der Waals surface area (Å²) in [7, 11) is 3.67. The molecule has 5 heteroatoms. The Hall–Kier alpha value is -0.260. The molecule has 2 fully saturated rings. The van der Waals surface area contributed by atoms with Crippen LogP contribution in [0.25, 0.3) is 0 Å². The molecule has 21 heavy (non-hydrogen) atoms. The second-order valence-corrected chi connectivity index (χ2v) is 8.05. The fraction of sp³-hybridized carbons (Fsp3) is 0.938. The van der Waals surface area contributed by atoms with Crippen LogP contribution in [0.3, 0.4) is 0 Å². The number of carbonyl (C=O) groups excluding carboxylic acids is 1. The first kappa shape index (κ1) is 17.1. The molecule has 0 spiro atoms. The number of nitrogens with zero attached hydrogens (tertiary/aromatic N) is 2. The standard InChI is InChI=1S/C16H31N3OS/c1-4-21-15-7-5-6-14(15)17-13-8-10-19(11-9-13)12-16(20)18(2)3/h13-15,17H,4-12H2,1-3H3. The lowest BCUT2D eigenvalue weighted by Gasteiger charge is -2.35. The van der Waals surface area contributed by atoms with Crippen LogP contribution in [0.5, 0.6) is 0 Å². The van der Waals surface area contributed by atoms with Crippen molar-refractivity contribution in [1.82, 2.24) is 15.1 Å². The molecule has 2 atom stereocenters. The molecule has 1 aliphatic heterocycles. The maximum atomic E-state index is 11.8. The molecular formula is C16H31N3OS. The van der Waals surface area contributed by atoms with Crippen molar-refractivity contribution in [3.8, 4) is 0 Å². The minimum atomic E-state index is 0.219. The van der Waals surface area contributed by atoms with Gasteiger partial charge in [-0.25, -0.2) is 0 Å². The van der Waals surface area contributed by atoms with E-state index in [0.29, 0.717) is 12.6 Å². The van der Waals surface area contributed by atoms with Crippen LogP contribution in [0.2, 0.25) is 0 Å². The third-order valence-corrected chi connectivity index (χ3v) is 6.05. The van der Waals surface area contributed by atoms with E-state index in [1.165, 1.54) is 37.9 Å². The molecule has 1 saturated carbocycles.